The van der Waals surface area contributed by atoms with Crippen LogP contribution in [0, 0.1) is 10.1 Å². The van der Waals surface area contributed by atoms with Gasteiger partial charge in [0, 0.05) is 26.3 Å². The Balaban J connectivity index is 2.83. The average molecular weight is 254 g/mol. The molecular weight excluding hydrogens is 240 g/mol. The third kappa shape index (κ3) is 3.70. The van der Waals surface area contributed by atoms with Gasteiger partial charge in [0.05, 0.1) is 10.5 Å². The second-order valence-electron chi connectivity index (χ2n) is 3.57. The Morgan fingerprint density at radius 2 is 2.28 bits per heavy atom. The van der Waals surface area contributed by atoms with E-state index in [2.05, 4.69) is 5.32 Å². The van der Waals surface area contributed by atoms with Crippen LogP contribution in [-0.4, -0.2) is 36.3 Å². The van der Waals surface area contributed by atoms with Gasteiger partial charge in [0.1, 0.15) is 5.69 Å². The average Bonchev–Trinajstić information content (AvgIpc) is 2.34. The van der Waals surface area contributed by atoms with E-state index in [0.717, 1.165) is 6.07 Å². The number of nitro benzene ring substituents is 1. The lowest BCUT2D eigenvalue weighted by molar-refractivity contribution is -0.384. The summed E-state index contributed by atoms with van der Waals surface area (Å²) in [6, 6.07) is 3.77. The number of carboxylic acids is 1. The molecule has 7 heteroatoms. The zero-order chi connectivity index (χ0) is 13.5. The number of nitro groups is 1. The maximum Gasteiger partial charge on any atom is 0.335 e. The normalized spacial score (nSPS) is 10.1. The number of rotatable bonds is 7. The van der Waals surface area contributed by atoms with Crippen LogP contribution >= 0.6 is 0 Å². The number of nitrogens with zero attached hydrogens (tertiary/aromatic N) is 1. The molecule has 0 aliphatic heterocycles. The lowest BCUT2D eigenvalue weighted by Crippen LogP contribution is -2.07. The van der Waals surface area contributed by atoms with Gasteiger partial charge < -0.3 is 15.2 Å². The Bertz CT molecular complexity index is 447. The molecule has 0 bridgehead atoms. The molecular formula is C11H14N2O5. The van der Waals surface area contributed by atoms with Crippen molar-refractivity contribution in [1.82, 2.24) is 0 Å². The van der Waals surface area contributed by atoms with Crippen LogP contribution in [0.2, 0.25) is 0 Å². The molecule has 18 heavy (non-hydrogen) atoms. The van der Waals surface area contributed by atoms with Crippen molar-refractivity contribution in [3.8, 4) is 0 Å². The maximum absolute atomic E-state index is 10.8. The van der Waals surface area contributed by atoms with Crippen molar-refractivity contribution in [3.05, 3.63) is 33.9 Å². The summed E-state index contributed by atoms with van der Waals surface area (Å²) in [5.41, 5.74) is -0.0439. The first-order valence-electron chi connectivity index (χ1n) is 5.30. The minimum absolute atomic E-state index is 0.107. The molecule has 0 aliphatic carbocycles. The van der Waals surface area contributed by atoms with Crippen LogP contribution < -0.4 is 5.32 Å². The summed E-state index contributed by atoms with van der Waals surface area (Å²) in [6.45, 7) is 1.06. The smallest absolute Gasteiger partial charge is 0.335 e. The van der Waals surface area contributed by atoms with E-state index in [9.17, 15) is 14.9 Å². The predicted molar refractivity (Wildman–Crippen MR) is 65.0 cm³/mol. The third-order valence-electron chi connectivity index (χ3n) is 2.28. The first kappa shape index (κ1) is 13.9. The first-order valence-corrected chi connectivity index (χ1v) is 5.30. The van der Waals surface area contributed by atoms with E-state index >= 15 is 0 Å². The zero-order valence-corrected chi connectivity index (χ0v) is 9.88. The molecule has 1 aromatic rings. The molecule has 0 aliphatic rings. The molecule has 0 radical (unpaired) electrons. The van der Waals surface area contributed by atoms with Crippen LogP contribution in [0.25, 0.3) is 0 Å². The molecule has 98 valence electrons. The SMILES string of the molecule is COCCCNc1ccc(C(=O)O)cc1[N+](=O)[O-]. The lowest BCUT2D eigenvalue weighted by atomic mass is 10.1. The molecule has 2 N–H and O–H groups in total. The van der Waals surface area contributed by atoms with E-state index < -0.39 is 10.9 Å². The molecule has 0 amide bonds. The second kappa shape index (κ2) is 6.55. The van der Waals surface area contributed by atoms with E-state index in [1.165, 1.54) is 12.1 Å². The van der Waals surface area contributed by atoms with E-state index in [-0.39, 0.29) is 11.3 Å². The van der Waals surface area contributed by atoms with Gasteiger partial charge in [0.15, 0.2) is 0 Å². The number of carbonyl (C=O) groups is 1. The number of hydrogen-bond donors (Lipinski definition) is 2. The quantitative estimate of drug-likeness (QED) is 0.436. The molecule has 0 atom stereocenters. The summed E-state index contributed by atoms with van der Waals surface area (Å²) in [5, 5.41) is 22.5. The van der Waals surface area contributed by atoms with Crippen molar-refractivity contribution >= 4 is 17.3 Å². The molecule has 1 aromatic carbocycles. The Hall–Kier alpha value is -2.15. The highest BCUT2D eigenvalue weighted by atomic mass is 16.6. The van der Waals surface area contributed by atoms with E-state index in [4.69, 9.17) is 9.84 Å². The fourth-order valence-electron chi connectivity index (χ4n) is 1.40. The van der Waals surface area contributed by atoms with Crippen molar-refractivity contribution in [2.75, 3.05) is 25.6 Å². The summed E-state index contributed by atoms with van der Waals surface area (Å²) in [7, 11) is 1.57. The van der Waals surface area contributed by atoms with Crippen molar-refractivity contribution < 1.29 is 19.6 Å². The van der Waals surface area contributed by atoms with E-state index in [0.29, 0.717) is 25.3 Å². The van der Waals surface area contributed by atoms with Gasteiger partial charge in [-0.05, 0) is 18.6 Å². The number of aromatic carboxylic acids is 1. The largest absolute Gasteiger partial charge is 0.478 e. The zero-order valence-electron chi connectivity index (χ0n) is 9.88. The maximum atomic E-state index is 10.8. The number of hydrogen-bond acceptors (Lipinski definition) is 5. The van der Waals surface area contributed by atoms with Crippen LogP contribution in [-0.2, 0) is 4.74 Å². The van der Waals surface area contributed by atoms with E-state index in [1.54, 1.807) is 7.11 Å². The molecule has 0 fully saturated rings. The lowest BCUT2D eigenvalue weighted by Gasteiger charge is -2.07. The second-order valence-corrected chi connectivity index (χ2v) is 3.57. The Kier molecular flexibility index (Phi) is 5.06. The minimum atomic E-state index is -1.19. The summed E-state index contributed by atoms with van der Waals surface area (Å²) in [4.78, 5) is 21.0. The van der Waals surface area contributed by atoms with E-state index in [1.807, 2.05) is 0 Å². The molecule has 7 nitrogen and oxygen atoms in total. The number of ether oxygens (including phenoxy) is 1. The van der Waals surface area contributed by atoms with Crippen molar-refractivity contribution in [1.29, 1.82) is 0 Å². The van der Waals surface area contributed by atoms with Gasteiger partial charge >= 0.3 is 5.97 Å². The summed E-state index contributed by atoms with van der Waals surface area (Å²) >= 11 is 0. The van der Waals surface area contributed by atoms with Crippen molar-refractivity contribution in [2.45, 2.75) is 6.42 Å². The number of benzene rings is 1. The highest BCUT2D eigenvalue weighted by Gasteiger charge is 2.16. The Labute approximate surface area is 104 Å². The molecule has 0 unspecified atom stereocenters. The number of methoxy groups -OCH3 is 1. The fourth-order valence-corrected chi connectivity index (χ4v) is 1.40. The van der Waals surface area contributed by atoms with Crippen LogP contribution in [0.5, 0.6) is 0 Å². The van der Waals surface area contributed by atoms with Gasteiger partial charge in [-0.1, -0.05) is 0 Å². The van der Waals surface area contributed by atoms with Gasteiger partial charge in [-0.2, -0.15) is 0 Å². The topological polar surface area (TPSA) is 102 Å². The van der Waals surface area contributed by atoms with Crippen LogP contribution in [0.1, 0.15) is 16.8 Å². The summed E-state index contributed by atoms with van der Waals surface area (Å²) in [5.74, 6) is -1.19. The number of nitrogens with one attached hydrogen (secondary N) is 1. The summed E-state index contributed by atoms with van der Waals surface area (Å²) in [6.07, 6.45) is 0.703. The molecule has 1 rings (SSSR count). The monoisotopic (exact) mass is 254 g/mol. The standard InChI is InChI=1S/C11H14N2O5/c1-18-6-2-5-12-9-4-3-8(11(14)15)7-10(9)13(16)17/h3-4,7,12H,2,5-6H2,1H3,(H,14,15). The number of anilines is 1. The number of carboxylic acid groups (broad SMARTS) is 1. The van der Waals surface area contributed by atoms with Gasteiger partial charge in [-0.25, -0.2) is 4.79 Å². The third-order valence-corrected chi connectivity index (χ3v) is 2.28. The molecule has 0 spiro atoms. The van der Waals surface area contributed by atoms with Gasteiger partial charge in [0.25, 0.3) is 5.69 Å². The fraction of sp³-hybridized carbons (Fsp3) is 0.364. The van der Waals surface area contributed by atoms with Gasteiger partial charge in [0.2, 0.25) is 0 Å². The van der Waals surface area contributed by atoms with Gasteiger partial charge in [-0.3, -0.25) is 10.1 Å². The Morgan fingerprint density at radius 3 is 2.83 bits per heavy atom. The van der Waals surface area contributed by atoms with Gasteiger partial charge in [-0.15, -0.1) is 0 Å². The van der Waals surface area contributed by atoms with Crippen LogP contribution in [0.4, 0.5) is 11.4 Å². The predicted octanol–water partition coefficient (Wildman–Crippen LogP) is 1.74. The molecule has 0 saturated heterocycles. The molecule has 0 heterocycles. The van der Waals surface area contributed by atoms with Crippen molar-refractivity contribution in [2.24, 2.45) is 0 Å². The molecule has 0 aromatic heterocycles. The summed E-state index contributed by atoms with van der Waals surface area (Å²) < 4.78 is 4.86. The molecule has 0 saturated carbocycles. The highest BCUT2D eigenvalue weighted by molar-refractivity contribution is 5.89. The highest BCUT2D eigenvalue weighted by Crippen LogP contribution is 2.25. The Morgan fingerprint density at radius 1 is 1.56 bits per heavy atom. The van der Waals surface area contributed by atoms with Crippen molar-refractivity contribution in [3.63, 3.8) is 0 Å². The van der Waals surface area contributed by atoms with Crippen LogP contribution in [0.15, 0.2) is 18.2 Å². The first-order chi connectivity index (χ1) is 8.56. The minimum Gasteiger partial charge on any atom is -0.478 e. The van der Waals surface area contributed by atoms with Crippen LogP contribution in [0.3, 0.4) is 0 Å².